The lowest BCUT2D eigenvalue weighted by Gasteiger charge is -2.14. The van der Waals surface area contributed by atoms with E-state index >= 15 is 0 Å². The van der Waals surface area contributed by atoms with Gasteiger partial charge >= 0.3 is 0 Å². The van der Waals surface area contributed by atoms with E-state index < -0.39 is 0 Å². The van der Waals surface area contributed by atoms with Crippen LogP contribution in [0.25, 0.3) is 0 Å². The molecule has 0 aliphatic heterocycles. The summed E-state index contributed by atoms with van der Waals surface area (Å²) >= 11 is 8.67. The zero-order valence-corrected chi connectivity index (χ0v) is 19.7. The van der Waals surface area contributed by atoms with Crippen molar-refractivity contribution in [3.63, 3.8) is 0 Å². The third kappa shape index (κ3) is 7.76. The molecular formula is C22H26BrN3O3S. The van der Waals surface area contributed by atoms with Gasteiger partial charge in [-0.25, -0.2) is 0 Å². The van der Waals surface area contributed by atoms with Crippen LogP contribution in [-0.4, -0.2) is 23.5 Å². The molecule has 3 N–H and O–H groups in total. The van der Waals surface area contributed by atoms with E-state index in [2.05, 4.69) is 45.7 Å². The molecule has 30 heavy (non-hydrogen) atoms. The SMILES string of the molecule is CCC(=O)Nc1cccc(NC(=S)NC(=O)c2cc(Br)ccc2OCCC(C)C)c1. The standard InChI is InChI=1S/C22H26BrN3O3S/c1-4-20(27)24-16-6-5-7-17(13-16)25-22(30)26-21(28)18-12-15(23)8-9-19(18)29-11-10-14(2)3/h5-9,12-14H,4,10-11H2,1-3H3,(H,24,27)(H2,25,26,28,30). The maximum absolute atomic E-state index is 12.8. The minimum absolute atomic E-state index is 0.0809. The van der Waals surface area contributed by atoms with Crippen molar-refractivity contribution in [1.29, 1.82) is 0 Å². The van der Waals surface area contributed by atoms with Gasteiger partial charge < -0.3 is 15.4 Å². The normalized spacial score (nSPS) is 10.4. The van der Waals surface area contributed by atoms with Crippen molar-refractivity contribution in [2.24, 2.45) is 5.92 Å². The number of thiocarbonyl (C=S) groups is 1. The fourth-order valence-electron chi connectivity index (χ4n) is 2.47. The fourth-order valence-corrected chi connectivity index (χ4v) is 3.04. The number of carbonyl (C=O) groups is 2. The maximum Gasteiger partial charge on any atom is 0.261 e. The monoisotopic (exact) mass is 491 g/mol. The fraction of sp³-hybridized carbons (Fsp3) is 0.318. The van der Waals surface area contributed by atoms with Crippen molar-refractivity contribution < 1.29 is 14.3 Å². The molecule has 0 radical (unpaired) electrons. The third-order valence-electron chi connectivity index (χ3n) is 4.09. The Bertz CT molecular complexity index is 918. The number of hydrogen-bond acceptors (Lipinski definition) is 4. The van der Waals surface area contributed by atoms with Gasteiger partial charge in [0.2, 0.25) is 5.91 Å². The first-order chi connectivity index (χ1) is 14.3. The van der Waals surface area contributed by atoms with E-state index in [1.165, 1.54) is 0 Å². The van der Waals surface area contributed by atoms with Crippen molar-refractivity contribution in [3.05, 3.63) is 52.5 Å². The van der Waals surface area contributed by atoms with Gasteiger partial charge in [-0.1, -0.05) is 42.8 Å². The lowest BCUT2D eigenvalue weighted by molar-refractivity contribution is -0.115. The number of benzene rings is 2. The van der Waals surface area contributed by atoms with Gasteiger partial charge in [0.15, 0.2) is 5.11 Å². The summed E-state index contributed by atoms with van der Waals surface area (Å²) < 4.78 is 6.57. The number of amides is 2. The zero-order chi connectivity index (χ0) is 22.1. The molecule has 160 valence electrons. The molecule has 2 rings (SSSR count). The van der Waals surface area contributed by atoms with Crippen LogP contribution in [0.1, 0.15) is 44.0 Å². The molecule has 0 saturated carbocycles. The van der Waals surface area contributed by atoms with E-state index in [4.69, 9.17) is 17.0 Å². The quantitative estimate of drug-likeness (QED) is 0.433. The third-order valence-corrected chi connectivity index (χ3v) is 4.79. The van der Waals surface area contributed by atoms with Crippen LogP contribution in [0, 0.1) is 5.92 Å². The number of halogens is 1. The second-order valence-corrected chi connectivity index (χ2v) is 8.39. The molecule has 2 amide bonds. The van der Waals surface area contributed by atoms with Crippen molar-refractivity contribution in [2.45, 2.75) is 33.6 Å². The minimum atomic E-state index is -0.371. The van der Waals surface area contributed by atoms with Crippen LogP contribution in [0.5, 0.6) is 5.75 Å². The predicted octanol–water partition coefficient (Wildman–Crippen LogP) is 5.35. The highest BCUT2D eigenvalue weighted by atomic mass is 79.9. The zero-order valence-electron chi connectivity index (χ0n) is 17.3. The summed E-state index contributed by atoms with van der Waals surface area (Å²) in [6.07, 6.45) is 1.28. The lowest BCUT2D eigenvalue weighted by Crippen LogP contribution is -2.34. The Labute approximate surface area is 190 Å². The van der Waals surface area contributed by atoms with E-state index in [9.17, 15) is 9.59 Å². The molecule has 0 atom stereocenters. The van der Waals surface area contributed by atoms with E-state index in [1.807, 2.05) is 6.07 Å². The van der Waals surface area contributed by atoms with Gasteiger partial charge in [-0.15, -0.1) is 0 Å². The number of anilines is 2. The van der Waals surface area contributed by atoms with E-state index in [1.54, 1.807) is 43.3 Å². The van der Waals surface area contributed by atoms with Crippen LogP contribution in [0.2, 0.25) is 0 Å². The van der Waals surface area contributed by atoms with Crippen molar-refractivity contribution in [3.8, 4) is 5.75 Å². The summed E-state index contributed by atoms with van der Waals surface area (Å²) in [7, 11) is 0. The first-order valence-electron chi connectivity index (χ1n) is 9.73. The molecule has 6 nitrogen and oxygen atoms in total. The smallest absolute Gasteiger partial charge is 0.261 e. The summed E-state index contributed by atoms with van der Waals surface area (Å²) in [5.41, 5.74) is 1.69. The molecule has 0 spiro atoms. The molecule has 8 heteroatoms. The topological polar surface area (TPSA) is 79.5 Å². The molecule has 0 unspecified atom stereocenters. The summed E-state index contributed by atoms with van der Waals surface area (Å²) in [6, 6.07) is 12.4. The Morgan fingerprint density at radius 1 is 1.10 bits per heavy atom. The number of nitrogens with one attached hydrogen (secondary N) is 3. The predicted molar refractivity (Wildman–Crippen MR) is 128 cm³/mol. The highest BCUT2D eigenvalue weighted by Crippen LogP contribution is 2.24. The van der Waals surface area contributed by atoms with E-state index in [0.717, 1.165) is 10.9 Å². The van der Waals surface area contributed by atoms with Gasteiger partial charge in [-0.05, 0) is 61.0 Å². The Balaban J connectivity index is 2.04. The number of carbonyl (C=O) groups excluding carboxylic acids is 2. The summed E-state index contributed by atoms with van der Waals surface area (Å²) in [5.74, 6) is 0.558. The highest BCUT2D eigenvalue weighted by molar-refractivity contribution is 9.10. The summed E-state index contributed by atoms with van der Waals surface area (Å²) in [4.78, 5) is 24.3. The van der Waals surface area contributed by atoms with Crippen LogP contribution in [0.4, 0.5) is 11.4 Å². The molecule has 0 aromatic heterocycles. The van der Waals surface area contributed by atoms with Gasteiger partial charge in [0, 0.05) is 22.3 Å². The second-order valence-electron chi connectivity index (χ2n) is 7.06. The molecule has 0 heterocycles. The van der Waals surface area contributed by atoms with Gasteiger partial charge in [-0.3, -0.25) is 14.9 Å². The molecule has 0 aliphatic rings. The Morgan fingerprint density at radius 2 is 1.80 bits per heavy atom. The number of rotatable bonds is 8. The van der Waals surface area contributed by atoms with Crippen LogP contribution in [-0.2, 0) is 4.79 Å². The summed E-state index contributed by atoms with van der Waals surface area (Å²) in [5, 5.41) is 8.57. The molecule has 0 fully saturated rings. The first-order valence-corrected chi connectivity index (χ1v) is 10.9. The van der Waals surface area contributed by atoms with Crippen molar-refractivity contribution in [2.75, 3.05) is 17.2 Å². The molecular weight excluding hydrogens is 466 g/mol. The Kier molecular flexibility index (Phi) is 9.26. The van der Waals surface area contributed by atoms with Gasteiger partial charge in [0.25, 0.3) is 5.91 Å². The average molecular weight is 492 g/mol. The van der Waals surface area contributed by atoms with Gasteiger partial charge in [-0.2, -0.15) is 0 Å². The van der Waals surface area contributed by atoms with Crippen LogP contribution < -0.4 is 20.7 Å². The van der Waals surface area contributed by atoms with Crippen molar-refractivity contribution >= 4 is 56.4 Å². The minimum Gasteiger partial charge on any atom is -0.493 e. The number of ether oxygens (including phenoxy) is 1. The molecule has 0 saturated heterocycles. The maximum atomic E-state index is 12.8. The average Bonchev–Trinajstić information content (AvgIpc) is 2.68. The first kappa shape index (κ1) is 23.8. The Hall–Kier alpha value is -2.45. The van der Waals surface area contributed by atoms with Crippen LogP contribution in [0.3, 0.4) is 0 Å². The Morgan fingerprint density at radius 3 is 2.47 bits per heavy atom. The van der Waals surface area contributed by atoms with Crippen LogP contribution >= 0.6 is 28.1 Å². The molecule has 0 bridgehead atoms. The second kappa shape index (κ2) is 11.7. The van der Waals surface area contributed by atoms with Crippen molar-refractivity contribution in [1.82, 2.24) is 5.32 Å². The number of hydrogen-bond donors (Lipinski definition) is 3. The molecule has 2 aromatic rings. The van der Waals surface area contributed by atoms with E-state index in [-0.39, 0.29) is 16.9 Å². The largest absolute Gasteiger partial charge is 0.493 e. The van der Waals surface area contributed by atoms with E-state index in [0.29, 0.717) is 41.6 Å². The van der Waals surface area contributed by atoms with Gasteiger partial charge in [0.1, 0.15) is 5.75 Å². The summed E-state index contributed by atoms with van der Waals surface area (Å²) in [6.45, 7) is 6.54. The molecule has 0 aliphatic carbocycles. The lowest BCUT2D eigenvalue weighted by atomic mass is 10.1. The van der Waals surface area contributed by atoms with Gasteiger partial charge in [0.05, 0.1) is 12.2 Å². The highest BCUT2D eigenvalue weighted by Gasteiger charge is 2.15. The molecule has 2 aromatic carbocycles. The van der Waals surface area contributed by atoms with Crippen LogP contribution in [0.15, 0.2) is 46.9 Å².